The summed E-state index contributed by atoms with van der Waals surface area (Å²) in [5.41, 5.74) is 4.80. The minimum absolute atomic E-state index is 0.0430. The largest absolute Gasteiger partial charge is 0.497 e. The van der Waals surface area contributed by atoms with E-state index < -0.39 is 5.25 Å². The molecule has 35 heavy (non-hydrogen) atoms. The summed E-state index contributed by atoms with van der Waals surface area (Å²) >= 11 is 1.24. The molecule has 0 spiro atoms. The molecule has 178 valence electrons. The second-order valence-corrected chi connectivity index (χ2v) is 9.42. The second kappa shape index (κ2) is 9.84. The summed E-state index contributed by atoms with van der Waals surface area (Å²) in [6.07, 6.45) is 1.77. The molecule has 0 aliphatic carbocycles. The molecule has 1 amide bonds. The Balaban J connectivity index is 1.42. The van der Waals surface area contributed by atoms with Gasteiger partial charge in [0.2, 0.25) is 5.91 Å². The van der Waals surface area contributed by atoms with Crippen LogP contribution in [0.25, 0.3) is 11.5 Å². The van der Waals surface area contributed by atoms with Gasteiger partial charge in [-0.3, -0.25) is 9.69 Å². The van der Waals surface area contributed by atoms with Crippen LogP contribution in [0.2, 0.25) is 0 Å². The van der Waals surface area contributed by atoms with Crippen LogP contribution in [0.4, 0.5) is 11.4 Å². The molecule has 0 N–H and O–H groups in total. The summed E-state index contributed by atoms with van der Waals surface area (Å²) < 4.78 is 16.6. The zero-order valence-corrected chi connectivity index (χ0v) is 20.5. The highest BCUT2D eigenvalue weighted by molar-refractivity contribution is 8.00. The lowest BCUT2D eigenvalue weighted by molar-refractivity contribution is -0.117. The Morgan fingerprint density at radius 1 is 0.943 bits per heavy atom. The molecule has 5 rings (SSSR count). The van der Waals surface area contributed by atoms with Gasteiger partial charge in [-0.2, -0.15) is 0 Å². The van der Waals surface area contributed by atoms with E-state index in [2.05, 4.69) is 22.3 Å². The predicted molar refractivity (Wildman–Crippen MR) is 136 cm³/mol. The molecule has 1 aromatic heterocycles. The first-order valence-corrected chi connectivity index (χ1v) is 12.2. The summed E-state index contributed by atoms with van der Waals surface area (Å²) in [7, 11) is 3.16. The molecule has 0 bridgehead atoms. The van der Waals surface area contributed by atoms with Crippen LogP contribution in [0.1, 0.15) is 18.1 Å². The maximum absolute atomic E-state index is 13.8. The molecule has 0 fully saturated rings. The van der Waals surface area contributed by atoms with Crippen molar-refractivity contribution >= 4 is 29.0 Å². The number of benzene rings is 3. The number of para-hydroxylation sites is 2. The number of anilines is 2. The number of carbonyl (C=O) groups excluding carboxylic acids is 1. The van der Waals surface area contributed by atoms with Gasteiger partial charge in [0, 0.05) is 6.07 Å². The molecule has 3 aromatic carbocycles. The fourth-order valence-electron chi connectivity index (χ4n) is 4.24. The van der Waals surface area contributed by atoms with Crippen molar-refractivity contribution in [1.29, 1.82) is 0 Å². The lowest BCUT2D eigenvalue weighted by Crippen LogP contribution is -2.33. The van der Waals surface area contributed by atoms with Gasteiger partial charge in [0.25, 0.3) is 11.1 Å². The summed E-state index contributed by atoms with van der Waals surface area (Å²) in [6.45, 7) is 1.86. The molecule has 4 aromatic rings. The zero-order chi connectivity index (χ0) is 24.4. The molecule has 1 atom stereocenters. The van der Waals surface area contributed by atoms with E-state index in [1.165, 1.54) is 11.8 Å². The van der Waals surface area contributed by atoms with E-state index in [0.29, 0.717) is 28.2 Å². The summed E-state index contributed by atoms with van der Waals surface area (Å²) in [5, 5.41) is 8.21. The normalized spacial score (nSPS) is 13.4. The van der Waals surface area contributed by atoms with Crippen LogP contribution in [-0.4, -0.2) is 35.6 Å². The quantitative estimate of drug-likeness (QED) is 0.323. The standard InChI is InChI=1S/C27H25N3O4S/c1-17(35-27-29-28-25(34-27)21-15-14-20(32-2)16-24(21)33-3)26(31)30-22-10-6-4-8-18(22)12-13-19-9-5-7-11-23(19)30/h4-11,14-17H,12-13H2,1-3H3. The topological polar surface area (TPSA) is 77.7 Å². The molecule has 0 saturated carbocycles. The Kier molecular flexibility index (Phi) is 6.46. The third-order valence-electron chi connectivity index (χ3n) is 6.02. The third kappa shape index (κ3) is 4.49. The Labute approximate surface area is 208 Å². The maximum Gasteiger partial charge on any atom is 0.277 e. The van der Waals surface area contributed by atoms with Gasteiger partial charge in [0.05, 0.1) is 36.4 Å². The van der Waals surface area contributed by atoms with E-state index >= 15 is 0 Å². The first-order valence-electron chi connectivity index (χ1n) is 11.3. The van der Waals surface area contributed by atoms with Crippen molar-refractivity contribution in [3.63, 3.8) is 0 Å². The summed E-state index contributed by atoms with van der Waals surface area (Å²) in [5.74, 6) is 1.50. The van der Waals surface area contributed by atoms with Gasteiger partial charge in [-0.15, -0.1) is 10.2 Å². The van der Waals surface area contributed by atoms with Crippen molar-refractivity contribution in [2.45, 2.75) is 30.2 Å². The van der Waals surface area contributed by atoms with Gasteiger partial charge in [-0.1, -0.05) is 48.2 Å². The van der Waals surface area contributed by atoms with Gasteiger partial charge < -0.3 is 13.9 Å². The molecule has 8 heteroatoms. The fourth-order valence-corrected chi connectivity index (χ4v) is 4.97. The number of thioether (sulfide) groups is 1. The SMILES string of the molecule is COc1ccc(-c2nnc(SC(C)C(=O)N3c4ccccc4CCc4ccccc43)o2)c(OC)c1. The predicted octanol–water partition coefficient (Wildman–Crippen LogP) is 5.70. The van der Waals surface area contributed by atoms with Gasteiger partial charge in [-0.05, 0) is 55.2 Å². The average Bonchev–Trinajstić information content (AvgIpc) is 3.29. The van der Waals surface area contributed by atoms with Crippen molar-refractivity contribution in [2.75, 3.05) is 19.1 Å². The number of nitrogens with zero attached hydrogens (tertiary/aromatic N) is 3. The van der Waals surface area contributed by atoms with Crippen LogP contribution in [0.3, 0.4) is 0 Å². The molecule has 0 radical (unpaired) electrons. The number of carbonyl (C=O) groups is 1. The Hall–Kier alpha value is -3.78. The molecule has 0 saturated heterocycles. The van der Waals surface area contributed by atoms with Crippen molar-refractivity contribution in [3.8, 4) is 23.0 Å². The van der Waals surface area contributed by atoms with Crippen molar-refractivity contribution < 1.29 is 18.7 Å². The van der Waals surface area contributed by atoms with Crippen LogP contribution in [0.5, 0.6) is 11.5 Å². The van der Waals surface area contributed by atoms with Crippen LogP contribution >= 0.6 is 11.8 Å². The minimum atomic E-state index is -0.458. The Morgan fingerprint density at radius 3 is 2.23 bits per heavy atom. The maximum atomic E-state index is 13.8. The Bertz CT molecular complexity index is 1320. The van der Waals surface area contributed by atoms with E-state index in [9.17, 15) is 4.79 Å². The molecule has 1 unspecified atom stereocenters. The average molecular weight is 488 g/mol. The molecule has 1 aliphatic heterocycles. The lowest BCUT2D eigenvalue weighted by atomic mass is 10.0. The highest BCUT2D eigenvalue weighted by atomic mass is 32.2. The minimum Gasteiger partial charge on any atom is -0.497 e. The van der Waals surface area contributed by atoms with E-state index in [1.54, 1.807) is 32.4 Å². The number of methoxy groups -OCH3 is 2. The fraction of sp³-hybridized carbons (Fsp3) is 0.222. The third-order valence-corrected chi connectivity index (χ3v) is 6.94. The van der Waals surface area contributed by atoms with Crippen molar-refractivity contribution in [3.05, 3.63) is 77.9 Å². The molecule has 7 nitrogen and oxygen atoms in total. The van der Waals surface area contributed by atoms with E-state index in [0.717, 1.165) is 35.3 Å². The highest BCUT2D eigenvalue weighted by Gasteiger charge is 2.30. The van der Waals surface area contributed by atoms with E-state index in [4.69, 9.17) is 13.9 Å². The molecule has 1 aliphatic rings. The van der Waals surface area contributed by atoms with Crippen LogP contribution < -0.4 is 14.4 Å². The molecular formula is C27H25N3O4S. The number of aromatic nitrogens is 2. The first-order chi connectivity index (χ1) is 17.1. The number of hydrogen-bond acceptors (Lipinski definition) is 7. The number of hydrogen-bond donors (Lipinski definition) is 0. The Morgan fingerprint density at radius 2 is 1.60 bits per heavy atom. The van der Waals surface area contributed by atoms with E-state index in [1.807, 2.05) is 48.2 Å². The summed E-state index contributed by atoms with van der Waals surface area (Å²) in [6, 6.07) is 21.5. The van der Waals surface area contributed by atoms with Crippen LogP contribution in [-0.2, 0) is 17.6 Å². The van der Waals surface area contributed by atoms with Crippen molar-refractivity contribution in [2.24, 2.45) is 0 Å². The lowest BCUT2D eigenvalue weighted by Gasteiger charge is -2.27. The smallest absolute Gasteiger partial charge is 0.277 e. The van der Waals surface area contributed by atoms with Crippen molar-refractivity contribution in [1.82, 2.24) is 10.2 Å². The number of fused-ring (bicyclic) bond motifs is 2. The number of ether oxygens (including phenoxy) is 2. The zero-order valence-electron chi connectivity index (χ0n) is 19.7. The van der Waals surface area contributed by atoms with Gasteiger partial charge >= 0.3 is 0 Å². The summed E-state index contributed by atoms with van der Waals surface area (Å²) in [4.78, 5) is 15.6. The molecule has 2 heterocycles. The number of rotatable bonds is 6. The van der Waals surface area contributed by atoms with Gasteiger partial charge in [0.15, 0.2) is 0 Å². The van der Waals surface area contributed by atoms with Gasteiger partial charge in [-0.25, -0.2) is 0 Å². The van der Waals surface area contributed by atoms with Crippen LogP contribution in [0.15, 0.2) is 76.4 Å². The number of aryl methyl sites for hydroxylation is 2. The van der Waals surface area contributed by atoms with Gasteiger partial charge in [0.1, 0.15) is 11.5 Å². The molecular weight excluding hydrogens is 462 g/mol. The number of amides is 1. The monoisotopic (exact) mass is 487 g/mol. The first kappa shape index (κ1) is 23.0. The van der Waals surface area contributed by atoms with Crippen LogP contribution in [0, 0.1) is 0 Å². The van der Waals surface area contributed by atoms with E-state index in [-0.39, 0.29) is 5.91 Å². The second-order valence-electron chi connectivity index (χ2n) is 8.13. The highest BCUT2D eigenvalue weighted by Crippen LogP contribution is 2.39.